The molecule has 1 saturated carbocycles. The maximum absolute atomic E-state index is 5.89. The molecule has 0 bridgehead atoms. The number of alkyl halides is 1. The molecule has 0 aromatic carbocycles. The lowest BCUT2D eigenvalue weighted by Crippen LogP contribution is -2.46. The summed E-state index contributed by atoms with van der Waals surface area (Å²) in [6.07, 6.45) is 5.36. The molecule has 0 aliphatic heterocycles. The van der Waals surface area contributed by atoms with Crippen molar-refractivity contribution < 1.29 is 0 Å². The Morgan fingerprint density at radius 1 is 1.50 bits per heavy atom. The highest BCUT2D eigenvalue weighted by Gasteiger charge is 2.23. The zero-order valence-electron chi connectivity index (χ0n) is 8.20. The maximum atomic E-state index is 5.89. The van der Waals surface area contributed by atoms with Gasteiger partial charge in [0.05, 0.1) is 0 Å². The minimum Gasteiger partial charge on any atom is -0.310 e. The van der Waals surface area contributed by atoms with Crippen LogP contribution in [0, 0.1) is 5.92 Å². The van der Waals surface area contributed by atoms with Gasteiger partial charge in [0, 0.05) is 11.4 Å². The van der Waals surface area contributed by atoms with Crippen molar-refractivity contribution in [3.8, 4) is 0 Å². The molecule has 0 aromatic heterocycles. The predicted octanol–water partition coefficient (Wildman–Crippen LogP) is 2.78. The molecule has 12 heavy (non-hydrogen) atoms. The zero-order chi connectivity index (χ0) is 9.03. The minimum absolute atomic E-state index is 0.164. The van der Waals surface area contributed by atoms with Crippen LogP contribution in [-0.4, -0.2) is 18.0 Å². The molecule has 0 saturated heterocycles. The standard InChI is InChI=1S/C10H20ClN/c1-3-10(2,8-11)12-7-9-5-4-6-9/h9,12H,3-8H2,1-2H3. The first-order valence-electron chi connectivity index (χ1n) is 5.01. The van der Waals surface area contributed by atoms with Crippen molar-refractivity contribution in [1.82, 2.24) is 5.32 Å². The van der Waals surface area contributed by atoms with Gasteiger partial charge in [-0.3, -0.25) is 0 Å². The van der Waals surface area contributed by atoms with Gasteiger partial charge >= 0.3 is 0 Å². The summed E-state index contributed by atoms with van der Waals surface area (Å²) in [5.74, 6) is 1.65. The van der Waals surface area contributed by atoms with Crippen LogP contribution < -0.4 is 5.32 Å². The van der Waals surface area contributed by atoms with E-state index in [4.69, 9.17) is 11.6 Å². The summed E-state index contributed by atoms with van der Waals surface area (Å²) in [6.45, 7) is 5.56. The van der Waals surface area contributed by atoms with Crippen molar-refractivity contribution in [1.29, 1.82) is 0 Å². The Morgan fingerprint density at radius 3 is 2.50 bits per heavy atom. The summed E-state index contributed by atoms with van der Waals surface area (Å²) in [6, 6.07) is 0. The van der Waals surface area contributed by atoms with Gasteiger partial charge in [0.1, 0.15) is 0 Å². The molecule has 0 aromatic rings. The summed E-state index contributed by atoms with van der Waals surface area (Å²) in [5, 5.41) is 3.57. The van der Waals surface area contributed by atoms with Gasteiger partial charge in [-0.1, -0.05) is 13.3 Å². The second-order valence-corrected chi connectivity index (χ2v) is 4.49. The van der Waals surface area contributed by atoms with Crippen molar-refractivity contribution in [3.05, 3.63) is 0 Å². The molecule has 1 atom stereocenters. The van der Waals surface area contributed by atoms with Gasteiger partial charge in [0.25, 0.3) is 0 Å². The van der Waals surface area contributed by atoms with Crippen LogP contribution in [-0.2, 0) is 0 Å². The van der Waals surface area contributed by atoms with E-state index in [2.05, 4.69) is 19.2 Å². The van der Waals surface area contributed by atoms with E-state index in [1.54, 1.807) is 0 Å². The zero-order valence-corrected chi connectivity index (χ0v) is 8.95. The van der Waals surface area contributed by atoms with Gasteiger partial charge in [-0.2, -0.15) is 0 Å². The Bertz CT molecular complexity index is 128. The Kier molecular flexibility index (Phi) is 3.85. The number of hydrogen-bond acceptors (Lipinski definition) is 1. The maximum Gasteiger partial charge on any atom is 0.0403 e. The SMILES string of the molecule is CCC(C)(CCl)NCC1CCC1. The minimum atomic E-state index is 0.164. The van der Waals surface area contributed by atoms with E-state index >= 15 is 0 Å². The van der Waals surface area contributed by atoms with E-state index < -0.39 is 0 Å². The molecule has 1 nitrogen and oxygen atoms in total. The van der Waals surface area contributed by atoms with Crippen molar-refractivity contribution >= 4 is 11.6 Å². The van der Waals surface area contributed by atoms with E-state index in [1.165, 1.54) is 19.3 Å². The van der Waals surface area contributed by atoms with Gasteiger partial charge in [-0.15, -0.1) is 11.6 Å². The van der Waals surface area contributed by atoms with Gasteiger partial charge in [-0.25, -0.2) is 0 Å². The second kappa shape index (κ2) is 4.48. The Labute approximate surface area is 80.9 Å². The fourth-order valence-corrected chi connectivity index (χ4v) is 1.64. The highest BCUT2D eigenvalue weighted by Crippen LogP contribution is 2.26. The first-order valence-corrected chi connectivity index (χ1v) is 5.54. The molecule has 1 aliphatic rings. The first kappa shape index (κ1) is 10.3. The van der Waals surface area contributed by atoms with Crippen LogP contribution in [0.2, 0.25) is 0 Å². The van der Waals surface area contributed by atoms with E-state index in [0.717, 1.165) is 24.8 Å². The van der Waals surface area contributed by atoms with Gasteiger partial charge in [-0.05, 0) is 38.6 Å². The summed E-state index contributed by atoms with van der Waals surface area (Å²) >= 11 is 5.89. The van der Waals surface area contributed by atoms with Crippen molar-refractivity contribution in [2.24, 2.45) is 5.92 Å². The Balaban J connectivity index is 2.17. The average Bonchev–Trinajstić information content (AvgIpc) is 2.01. The number of rotatable bonds is 5. The molecule has 1 fully saturated rings. The van der Waals surface area contributed by atoms with Crippen LogP contribution in [0.1, 0.15) is 39.5 Å². The third-order valence-corrected chi connectivity index (χ3v) is 3.71. The van der Waals surface area contributed by atoms with Crippen LogP contribution in [0.3, 0.4) is 0 Å². The van der Waals surface area contributed by atoms with Crippen LogP contribution in [0.25, 0.3) is 0 Å². The topological polar surface area (TPSA) is 12.0 Å². The third kappa shape index (κ3) is 2.63. The fourth-order valence-electron chi connectivity index (χ4n) is 1.35. The second-order valence-electron chi connectivity index (χ2n) is 4.23. The Hall–Kier alpha value is 0.250. The summed E-state index contributed by atoms with van der Waals surface area (Å²) in [5.41, 5.74) is 0.164. The highest BCUT2D eigenvalue weighted by molar-refractivity contribution is 6.18. The molecule has 0 spiro atoms. The third-order valence-electron chi connectivity index (χ3n) is 3.12. The predicted molar refractivity (Wildman–Crippen MR) is 54.8 cm³/mol. The van der Waals surface area contributed by atoms with E-state index in [9.17, 15) is 0 Å². The summed E-state index contributed by atoms with van der Waals surface area (Å²) < 4.78 is 0. The lowest BCUT2D eigenvalue weighted by Gasteiger charge is -2.33. The average molecular weight is 190 g/mol. The quantitative estimate of drug-likeness (QED) is 0.656. The highest BCUT2D eigenvalue weighted by atomic mass is 35.5. The van der Waals surface area contributed by atoms with Gasteiger partial charge < -0.3 is 5.32 Å². The molecule has 1 unspecified atom stereocenters. The molecule has 1 N–H and O–H groups in total. The molecule has 2 heteroatoms. The van der Waals surface area contributed by atoms with Crippen LogP contribution >= 0.6 is 11.6 Å². The van der Waals surface area contributed by atoms with Crippen LogP contribution in [0.15, 0.2) is 0 Å². The summed E-state index contributed by atoms with van der Waals surface area (Å²) in [4.78, 5) is 0. The molecule has 0 amide bonds. The monoisotopic (exact) mass is 189 g/mol. The molecular weight excluding hydrogens is 170 g/mol. The van der Waals surface area contributed by atoms with Gasteiger partial charge in [0.2, 0.25) is 0 Å². The molecular formula is C10H20ClN. The van der Waals surface area contributed by atoms with E-state index in [1.807, 2.05) is 0 Å². The molecule has 72 valence electrons. The lowest BCUT2D eigenvalue weighted by atomic mass is 9.85. The number of hydrogen-bond donors (Lipinski definition) is 1. The normalized spacial score (nSPS) is 23.2. The summed E-state index contributed by atoms with van der Waals surface area (Å²) in [7, 11) is 0. The molecule has 0 radical (unpaired) electrons. The van der Waals surface area contributed by atoms with Crippen LogP contribution in [0.5, 0.6) is 0 Å². The van der Waals surface area contributed by atoms with Crippen molar-refractivity contribution in [3.63, 3.8) is 0 Å². The van der Waals surface area contributed by atoms with E-state index in [0.29, 0.717) is 0 Å². The molecule has 0 heterocycles. The van der Waals surface area contributed by atoms with Crippen molar-refractivity contribution in [2.75, 3.05) is 12.4 Å². The number of nitrogens with one attached hydrogen (secondary N) is 1. The molecule has 1 aliphatic carbocycles. The van der Waals surface area contributed by atoms with Crippen LogP contribution in [0.4, 0.5) is 0 Å². The van der Waals surface area contributed by atoms with E-state index in [-0.39, 0.29) is 5.54 Å². The van der Waals surface area contributed by atoms with Crippen molar-refractivity contribution in [2.45, 2.75) is 45.1 Å². The fraction of sp³-hybridized carbons (Fsp3) is 1.00. The van der Waals surface area contributed by atoms with Gasteiger partial charge in [0.15, 0.2) is 0 Å². The smallest absolute Gasteiger partial charge is 0.0403 e. The largest absolute Gasteiger partial charge is 0.310 e. The number of halogens is 1. The first-order chi connectivity index (χ1) is 5.70. The lowest BCUT2D eigenvalue weighted by molar-refractivity contribution is 0.261. The Morgan fingerprint density at radius 2 is 2.17 bits per heavy atom. The molecule has 1 rings (SSSR count).